The molecular formula is C21H28N2O3. The molecule has 1 aromatic carbocycles. The lowest BCUT2D eigenvalue weighted by Crippen LogP contribution is -2.52. The van der Waals surface area contributed by atoms with Crippen molar-refractivity contribution in [3.8, 4) is 0 Å². The van der Waals surface area contributed by atoms with Crippen molar-refractivity contribution in [1.29, 1.82) is 0 Å². The first-order valence-corrected chi connectivity index (χ1v) is 9.82. The summed E-state index contributed by atoms with van der Waals surface area (Å²) in [7, 11) is 0. The third kappa shape index (κ3) is 3.25. The van der Waals surface area contributed by atoms with Crippen LogP contribution in [0.25, 0.3) is 0 Å². The van der Waals surface area contributed by atoms with Crippen LogP contribution in [0.4, 0.5) is 0 Å². The lowest BCUT2D eigenvalue weighted by Gasteiger charge is -2.38. The molecule has 2 bridgehead atoms. The smallest absolute Gasteiger partial charge is 0.307 e. The molecule has 1 heterocycles. The molecule has 3 fully saturated rings. The van der Waals surface area contributed by atoms with Gasteiger partial charge in [-0.15, -0.1) is 0 Å². The average molecular weight is 356 g/mol. The van der Waals surface area contributed by atoms with E-state index < -0.39 is 11.9 Å². The molecule has 0 spiro atoms. The second-order valence-corrected chi connectivity index (χ2v) is 8.31. The van der Waals surface area contributed by atoms with Crippen molar-refractivity contribution in [1.82, 2.24) is 9.80 Å². The van der Waals surface area contributed by atoms with Gasteiger partial charge in [0.15, 0.2) is 0 Å². The number of aliphatic carboxylic acids is 1. The quantitative estimate of drug-likeness (QED) is 0.900. The molecule has 140 valence electrons. The minimum Gasteiger partial charge on any atom is -0.481 e. The van der Waals surface area contributed by atoms with E-state index >= 15 is 0 Å². The van der Waals surface area contributed by atoms with Crippen LogP contribution in [0.5, 0.6) is 0 Å². The molecule has 5 nitrogen and oxygen atoms in total. The molecule has 2 aliphatic carbocycles. The standard InChI is InChI=1S/C21H28N2O3/c1-14-2-4-15(5-3-14)13-22-8-10-23(11-9-22)20(24)18-16-6-7-17(12-16)19(18)21(25)26/h2-5,16-19H,6-13H2,1H3,(H,25,26)/t16-,17-,18+,19+/m0/s1. The maximum Gasteiger partial charge on any atom is 0.307 e. The van der Waals surface area contributed by atoms with Crippen LogP contribution in [-0.2, 0) is 16.1 Å². The minimum atomic E-state index is -0.770. The normalized spacial score (nSPS) is 31.3. The number of hydrogen-bond acceptors (Lipinski definition) is 3. The van der Waals surface area contributed by atoms with E-state index in [2.05, 4.69) is 36.1 Å². The summed E-state index contributed by atoms with van der Waals surface area (Å²) in [5, 5.41) is 9.60. The summed E-state index contributed by atoms with van der Waals surface area (Å²) in [6, 6.07) is 8.60. The average Bonchev–Trinajstić information content (AvgIpc) is 3.25. The zero-order valence-corrected chi connectivity index (χ0v) is 15.4. The van der Waals surface area contributed by atoms with Crippen molar-refractivity contribution in [3.63, 3.8) is 0 Å². The number of carbonyl (C=O) groups is 2. The Kier molecular flexibility index (Phi) is 4.74. The predicted octanol–water partition coefficient (Wildman–Crippen LogP) is 2.39. The lowest BCUT2D eigenvalue weighted by molar-refractivity contribution is -0.153. The summed E-state index contributed by atoms with van der Waals surface area (Å²) in [4.78, 5) is 29.0. The van der Waals surface area contributed by atoms with E-state index in [0.29, 0.717) is 19.0 Å². The van der Waals surface area contributed by atoms with Crippen LogP contribution in [0.2, 0.25) is 0 Å². The number of hydrogen-bond donors (Lipinski definition) is 1. The molecular weight excluding hydrogens is 328 g/mol. The van der Waals surface area contributed by atoms with Crippen LogP contribution in [0.15, 0.2) is 24.3 Å². The van der Waals surface area contributed by atoms with Gasteiger partial charge in [-0.1, -0.05) is 29.8 Å². The number of carbonyl (C=O) groups excluding carboxylic acids is 1. The number of carboxylic acids is 1. The zero-order chi connectivity index (χ0) is 18.3. The number of piperazine rings is 1. The summed E-state index contributed by atoms with van der Waals surface area (Å²) in [5.41, 5.74) is 2.57. The summed E-state index contributed by atoms with van der Waals surface area (Å²) < 4.78 is 0. The fourth-order valence-corrected chi connectivity index (χ4v) is 5.29. The largest absolute Gasteiger partial charge is 0.481 e. The van der Waals surface area contributed by atoms with Gasteiger partial charge in [0.1, 0.15) is 0 Å². The van der Waals surface area contributed by atoms with Crippen molar-refractivity contribution in [2.45, 2.75) is 32.7 Å². The third-order valence-electron chi connectivity index (χ3n) is 6.70. The number of nitrogens with zero attached hydrogens (tertiary/aromatic N) is 2. The highest BCUT2D eigenvalue weighted by atomic mass is 16.4. The van der Waals surface area contributed by atoms with Gasteiger partial charge in [0, 0.05) is 32.7 Å². The van der Waals surface area contributed by atoms with E-state index in [-0.39, 0.29) is 17.7 Å². The van der Waals surface area contributed by atoms with E-state index in [1.54, 1.807) is 0 Å². The topological polar surface area (TPSA) is 60.9 Å². The molecule has 0 unspecified atom stereocenters. The molecule has 1 aliphatic heterocycles. The maximum atomic E-state index is 13.1. The van der Waals surface area contributed by atoms with E-state index in [0.717, 1.165) is 38.9 Å². The Morgan fingerprint density at radius 1 is 1.00 bits per heavy atom. The van der Waals surface area contributed by atoms with Crippen LogP contribution in [0, 0.1) is 30.6 Å². The molecule has 1 N–H and O–H groups in total. The first-order valence-electron chi connectivity index (χ1n) is 9.82. The van der Waals surface area contributed by atoms with E-state index in [1.165, 1.54) is 11.1 Å². The Balaban J connectivity index is 1.35. The Bertz CT molecular complexity index is 679. The van der Waals surface area contributed by atoms with Gasteiger partial charge >= 0.3 is 5.97 Å². The van der Waals surface area contributed by atoms with Crippen molar-refractivity contribution in [2.75, 3.05) is 26.2 Å². The number of rotatable bonds is 4. The highest BCUT2D eigenvalue weighted by Crippen LogP contribution is 2.53. The van der Waals surface area contributed by atoms with Gasteiger partial charge in [-0.25, -0.2) is 0 Å². The highest BCUT2D eigenvalue weighted by Gasteiger charge is 2.54. The van der Waals surface area contributed by atoms with Gasteiger partial charge in [-0.2, -0.15) is 0 Å². The monoisotopic (exact) mass is 356 g/mol. The van der Waals surface area contributed by atoms with Gasteiger partial charge in [-0.3, -0.25) is 14.5 Å². The fraction of sp³-hybridized carbons (Fsp3) is 0.619. The summed E-state index contributed by atoms with van der Waals surface area (Å²) in [6.45, 7) is 6.15. The van der Waals surface area contributed by atoms with Crippen LogP contribution in [0.1, 0.15) is 30.4 Å². The Labute approximate surface area is 155 Å². The minimum absolute atomic E-state index is 0.0968. The molecule has 3 aliphatic rings. The molecule has 4 atom stereocenters. The van der Waals surface area contributed by atoms with Crippen LogP contribution in [0.3, 0.4) is 0 Å². The number of carboxylic acid groups (broad SMARTS) is 1. The number of fused-ring (bicyclic) bond motifs is 2. The molecule has 0 aromatic heterocycles. The molecule has 0 radical (unpaired) electrons. The molecule has 4 rings (SSSR count). The first kappa shape index (κ1) is 17.5. The van der Waals surface area contributed by atoms with Crippen LogP contribution < -0.4 is 0 Å². The summed E-state index contributed by atoms with van der Waals surface area (Å²) in [6.07, 6.45) is 2.94. The zero-order valence-electron chi connectivity index (χ0n) is 15.4. The molecule has 1 amide bonds. The molecule has 2 saturated carbocycles. The Hall–Kier alpha value is -1.88. The second kappa shape index (κ2) is 7.03. The van der Waals surface area contributed by atoms with Crippen molar-refractivity contribution < 1.29 is 14.7 Å². The first-order chi connectivity index (χ1) is 12.5. The van der Waals surface area contributed by atoms with E-state index in [4.69, 9.17) is 0 Å². The summed E-state index contributed by atoms with van der Waals surface area (Å²) >= 11 is 0. The van der Waals surface area contributed by atoms with Crippen molar-refractivity contribution >= 4 is 11.9 Å². The predicted molar refractivity (Wildman–Crippen MR) is 98.5 cm³/mol. The highest BCUT2D eigenvalue weighted by molar-refractivity contribution is 5.86. The van der Waals surface area contributed by atoms with Gasteiger partial charge in [0.05, 0.1) is 11.8 Å². The van der Waals surface area contributed by atoms with Gasteiger partial charge in [-0.05, 0) is 43.6 Å². The van der Waals surface area contributed by atoms with Gasteiger partial charge < -0.3 is 10.0 Å². The molecule has 5 heteroatoms. The number of benzene rings is 1. The third-order valence-corrected chi connectivity index (χ3v) is 6.70. The SMILES string of the molecule is Cc1ccc(CN2CCN(C(=O)[C@@H]3[C@H]4CC[C@@H](C4)[C@H]3C(=O)O)CC2)cc1. The van der Waals surface area contributed by atoms with E-state index in [9.17, 15) is 14.7 Å². The van der Waals surface area contributed by atoms with Gasteiger partial charge in [0.25, 0.3) is 0 Å². The lowest BCUT2D eigenvalue weighted by atomic mass is 9.78. The Morgan fingerprint density at radius 3 is 2.23 bits per heavy atom. The molecule has 1 aromatic rings. The molecule has 26 heavy (non-hydrogen) atoms. The van der Waals surface area contributed by atoms with Crippen LogP contribution in [-0.4, -0.2) is 53.0 Å². The maximum absolute atomic E-state index is 13.1. The van der Waals surface area contributed by atoms with Crippen LogP contribution >= 0.6 is 0 Å². The number of aryl methyl sites for hydroxylation is 1. The number of amides is 1. The Morgan fingerprint density at radius 2 is 1.62 bits per heavy atom. The fourth-order valence-electron chi connectivity index (χ4n) is 5.29. The van der Waals surface area contributed by atoms with Crippen molar-refractivity contribution in [3.05, 3.63) is 35.4 Å². The van der Waals surface area contributed by atoms with Crippen molar-refractivity contribution in [2.24, 2.45) is 23.7 Å². The molecule has 1 saturated heterocycles. The van der Waals surface area contributed by atoms with E-state index in [1.807, 2.05) is 4.90 Å². The summed E-state index contributed by atoms with van der Waals surface area (Å²) in [5.74, 6) is -0.900. The van der Waals surface area contributed by atoms with Gasteiger partial charge in [0.2, 0.25) is 5.91 Å². The second-order valence-electron chi connectivity index (χ2n) is 8.31.